The summed E-state index contributed by atoms with van der Waals surface area (Å²) in [5.74, 6) is 0.300. The van der Waals surface area contributed by atoms with Crippen LogP contribution in [0.2, 0.25) is 0 Å². The molecule has 9 heteroatoms. The lowest BCUT2D eigenvalue weighted by atomic mass is 9.94. The summed E-state index contributed by atoms with van der Waals surface area (Å²) >= 11 is 0. The number of hydrogen-bond donors (Lipinski definition) is 0. The Morgan fingerprint density at radius 2 is 1.70 bits per heavy atom. The van der Waals surface area contributed by atoms with Crippen molar-refractivity contribution in [1.82, 2.24) is 19.0 Å². The third-order valence-corrected chi connectivity index (χ3v) is 9.47. The largest absolute Gasteiger partial charge is 0.338 e. The number of nitriles is 1. The second kappa shape index (κ2) is 11.8. The van der Waals surface area contributed by atoms with Crippen molar-refractivity contribution >= 4 is 22.0 Å². The number of para-hydroxylation sites is 1. The standard InChI is InChI=1S/C31H35N5O3S/c1-23-16-24(2)21-35(20-23)40(38,39)29-13-9-10-25(18-29)30-27(22-36(33-30)28-11-5-3-6-12-28)17-26(19-32)31(37)34-14-7-4-8-15-34/h3,5-6,9-13,17-18,22-24H,4,7-8,14-16,20-21H2,1-2H3. The lowest BCUT2D eigenvalue weighted by molar-refractivity contribution is -0.127. The molecule has 2 aliphatic heterocycles. The van der Waals surface area contributed by atoms with Gasteiger partial charge in [-0.05, 0) is 67.9 Å². The number of hydrogen-bond acceptors (Lipinski definition) is 5. The molecule has 2 aliphatic rings. The summed E-state index contributed by atoms with van der Waals surface area (Å²) in [6, 6.07) is 18.4. The molecule has 0 bridgehead atoms. The topological polar surface area (TPSA) is 99.3 Å². The van der Waals surface area contributed by atoms with Gasteiger partial charge < -0.3 is 4.90 Å². The number of piperidine rings is 2. The highest BCUT2D eigenvalue weighted by molar-refractivity contribution is 7.89. The molecule has 0 spiro atoms. The molecule has 2 atom stereocenters. The number of aromatic nitrogens is 2. The minimum atomic E-state index is -3.70. The zero-order chi connectivity index (χ0) is 28.3. The van der Waals surface area contributed by atoms with E-state index in [1.807, 2.05) is 36.4 Å². The van der Waals surface area contributed by atoms with Gasteiger partial charge in [0, 0.05) is 43.5 Å². The Hall–Kier alpha value is -3.74. The predicted octanol–water partition coefficient (Wildman–Crippen LogP) is 5.13. The molecule has 2 fully saturated rings. The van der Waals surface area contributed by atoms with Crippen LogP contribution in [0, 0.1) is 23.2 Å². The fourth-order valence-corrected chi connectivity index (χ4v) is 7.48. The molecule has 3 aromatic rings. The molecule has 2 saturated heterocycles. The Labute approximate surface area is 236 Å². The van der Waals surface area contributed by atoms with E-state index in [4.69, 9.17) is 5.10 Å². The van der Waals surface area contributed by atoms with Gasteiger partial charge in [-0.3, -0.25) is 4.79 Å². The average Bonchev–Trinajstić information content (AvgIpc) is 3.40. The summed E-state index contributed by atoms with van der Waals surface area (Å²) in [6.07, 6.45) is 7.30. The second-order valence-corrected chi connectivity index (χ2v) is 13.0. The van der Waals surface area contributed by atoms with Crippen LogP contribution in [0.5, 0.6) is 0 Å². The number of likely N-dealkylation sites (tertiary alicyclic amines) is 1. The molecule has 0 N–H and O–H groups in total. The number of rotatable bonds is 6. The second-order valence-electron chi connectivity index (χ2n) is 11.0. The van der Waals surface area contributed by atoms with Crippen molar-refractivity contribution in [2.45, 2.75) is 44.4 Å². The number of nitrogens with zero attached hydrogens (tertiary/aromatic N) is 5. The average molecular weight is 558 g/mol. The highest BCUT2D eigenvalue weighted by atomic mass is 32.2. The number of carbonyl (C=O) groups excluding carboxylic acids is 1. The van der Waals surface area contributed by atoms with Crippen molar-refractivity contribution in [2.75, 3.05) is 26.2 Å². The van der Waals surface area contributed by atoms with Crippen LogP contribution in [-0.2, 0) is 14.8 Å². The van der Waals surface area contributed by atoms with Crippen molar-refractivity contribution in [1.29, 1.82) is 5.26 Å². The Bertz CT molecular complexity index is 1540. The van der Waals surface area contributed by atoms with E-state index < -0.39 is 10.0 Å². The van der Waals surface area contributed by atoms with Crippen LogP contribution in [0.3, 0.4) is 0 Å². The van der Waals surface area contributed by atoms with Crippen LogP contribution in [-0.4, -0.2) is 59.5 Å². The Kier molecular flexibility index (Phi) is 8.19. The Balaban J connectivity index is 1.57. The van der Waals surface area contributed by atoms with Crippen LogP contribution in [0.25, 0.3) is 23.0 Å². The van der Waals surface area contributed by atoms with Gasteiger partial charge in [0.15, 0.2) is 0 Å². The Morgan fingerprint density at radius 1 is 1.00 bits per heavy atom. The molecular weight excluding hydrogens is 522 g/mol. The third-order valence-electron chi connectivity index (χ3n) is 7.64. The van der Waals surface area contributed by atoms with Crippen molar-refractivity contribution in [3.8, 4) is 23.0 Å². The maximum Gasteiger partial charge on any atom is 0.264 e. The molecule has 8 nitrogen and oxygen atoms in total. The maximum atomic E-state index is 13.7. The first-order chi connectivity index (χ1) is 19.3. The monoisotopic (exact) mass is 557 g/mol. The van der Waals surface area contributed by atoms with Gasteiger partial charge in [0.1, 0.15) is 17.3 Å². The lowest BCUT2D eigenvalue weighted by Crippen LogP contribution is -2.42. The van der Waals surface area contributed by atoms with E-state index in [1.165, 1.54) is 0 Å². The van der Waals surface area contributed by atoms with Crippen molar-refractivity contribution < 1.29 is 13.2 Å². The highest BCUT2D eigenvalue weighted by Gasteiger charge is 2.32. The number of benzene rings is 2. The van der Waals surface area contributed by atoms with E-state index in [9.17, 15) is 18.5 Å². The Morgan fingerprint density at radius 3 is 2.38 bits per heavy atom. The van der Waals surface area contributed by atoms with Crippen LogP contribution in [0.1, 0.15) is 45.1 Å². The van der Waals surface area contributed by atoms with Gasteiger partial charge in [0.2, 0.25) is 10.0 Å². The first kappa shape index (κ1) is 27.8. The summed E-state index contributed by atoms with van der Waals surface area (Å²) in [6.45, 7) is 6.45. The first-order valence-electron chi connectivity index (χ1n) is 13.9. The molecule has 2 unspecified atom stereocenters. The maximum absolute atomic E-state index is 13.7. The van der Waals surface area contributed by atoms with Gasteiger partial charge in [0.25, 0.3) is 5.91 Å². The molecule has 3 heterocycles. The number of amides is 1. The van der Waals surface area contributed by atoms with Gasteiger partial charge in [-0.1, -0.05) is 44.2 Å². The van der Waals surface area contributed by atoms with Crippen molar-refractivity contribution in [2.24, 2.45) is 11.8 Å². The van der Waals surface area contributed by atoms with Crippen molar-refractivity contribution in [3.63, 3.8) is 0 Å². The minimum Gasteiger partial charge on any atom is -0.338 e. The van der Waals surface area contributed by atoms with Gasteiger partial charge in [-0.15, -0.1) is 0 Å². The van der Waals surface area contributed by atoms with E-state index in [-0.39, 0.29) is 16.4 Å². The molecule has 0 aliphatic carbocycles. The van der Waals surface area contributed by atoms with E-state index in [1.54, 1.807) is 44.4 Å². The first-order valence-corrected chi connectivity index (χ1v) is 15.4. The van der Waals surface area contributed by atoms with E-state index in [0.29, 0.717) is 54.8 Å². The van der Waals surface area contributed by atoms with Gasteiger partial charge in [-0.25, -0.2) is 13.1 Å². The van der Waals surface area contributed by atoms with E-state index in [2.05, 4.69) is 19.9 Å². The van der Waals surface area contributed by atoms with Crippen LogP contribution in [0.15, 0.2) is 71.3 Å². The smallest absolute Gasteiger partial charge is 0.264 e. The lowest BCUT2D eigenvalue weighted by Gasteiger charge is -2.34. The fraction of sp³-hybridized carbons (Fsp3) is 0.387. The third kappa shape index (κ3) is 5.88. The van der Waals surface area contributed by atoms with Crippen LogP contribution in [0.4, 0.5) is 0 Å². The molecular formula is C31H35N5O3S. The summed E-state index contributed by atoms with van der Waals surface area (Å²) < 4.78 is 30.6. The zero-order valence-corrected chi connectivity index (χ0v) is 23.8. The minimum absolute atomic E-state index is 0.0378. The molecule has 40 heavy (non-hydrogen) atoms. The molecule has 208 valence electrons. The SMILES string of the molecule is CC1CC(C)CN(S(=O)(=O)c2cccc(-c3nn(-c4ccccc4)cc3C=C(C#N)C(=O)N3CCCCC3)c2)C1. The van der Waals surface area contributed by atoms with Crippen LogP contribution >= 0.6 is 0 Å². The summed E-state index contributed by atoms with van der Waals surface area (Å²) in [4.78, 5) is 15.1. The van der Waals surface area contributed by atoms with Gasteiger partial charge >= 0.3 is 0 Å². The summed E-state index contributed by atoms with van der Waals surface area (Å²) in [7, 11) is -3.70. The molecule has 1 amide bonds. The quantitative estimate of drug-likeness (QED) is 0.309. The van der Waals surface area contributed by atoms with Crippen LogP contribution < -0.4 is 0 Å². The fourth-order valence-electron chi connectivity index (χ4n) is 5.75. The highest BCUT2D eigenvalue weighted by Crippen LogP contribution is 2.31. The summed E-state index contributed by atoms with van der Waals surface area (Å²) in [5.41, 5.74) is 2.52. The van der Waals surface area contributed by atoms with Gasteiger partial charge in [-0.2, -0.15) is 14.7 Å². The zero-order valence-electron chi connectivity index (χ0n) is 23.0. The van der Waals surface area contributed by atoms with Crippen molar-refractivity contribution in [3.05, 3.63) is 71.9 Å². The predicted molar refractivity (Wildman–Crippen MR) is 155 cm³/mol. The molecule has 0 saturated carbocycles. The van der Waals surface area contributed by atoms with E-state index in [0.717, 1.165) is 31.4 Å². The normalized spacial score (nSPS) is 20.7. The van der Waals surface area contributed by atoms with Gasteiger partial charge in [0.05, 0.1) is 10.6 Å². The van der Waals surface area contributed by atoms with E-state index >= 15 is 0 Å². The summed E-state index contributed by atoms with van der Waals surface area (Å²) in [5, 5.41) is 14.7. The molecule has 0 radical (unpaired) electrons. The number of sulfonamides is 1. The molecule has 2 aromatic carbocycles. The molecule has 5 rings (SSSR count). The molecule has 1 aromatic heterocycles. The number of carbonyl (C=O) groups is 1.